The molecule has 0 aliphatic carbocycles. The Morgan fingerprint density at radius 3 is 1.27 bits per heavy atom. The zero-order valence-electron chi connectivity index (χ0n) is 27.5. The number of benzene rings is 4. The van der Waals surface area contributed by atoms with Gasteiger partial charge in [-0.3, -0.25) is 18.2 Å². The topological polar surface area (TPSA) is 303 Å². The molecule has 0 fully saturated rings. The van der Waals surface area contributed by atoms with E-state index in [-0.39, 0.29) is 124 Å². The summed E-state index contributed by atoms with van der Waals surface area (Å²) in [6.45, 7) is 0. The molecule has 0 aliphatic heterocycles. The van der Waals surface area contributed by atoms with Crippen molar-refractivity contribution >= 4 is 73.4 Å². The molecule has 4 aromatic carbocycles. The molecule has 4 rings (SSSR count). The summed E-state index contributed by atoms with van der Waals surface area (Å²) >= 11 is 0. The summed E-state index contributed by atoms with van der Waals surface area (Å²) in [5.74, 6) is -3.25. The molecule has 25 heteroatoms. The third-order valence-corrected chi connectivity index (χ3v) is 8.85. The van der Waals surface area contributed by atoms with Gasteiger partial charge in [-0.05, 0) is 41.1 Å². The van der Waals surface area contributed by atoms with Crippen molar-refractivity contribution in [2.45, 2.75) is 19.6 Å². The third kappa shape index (κ3) is 9.82. The van der Waals surface area contributed by atoms with E-state index in [0.717, 1.165) is 0 Å². The van der Waals surface area contributed by atoms with Crippen LogP contribution in [0.3, 0.4) is 0 Å². The van der Waals surface area contributed by atoms with Crippen LogP contribution in [0.2, 0.25) is 0 Å². The Bertz CT molecular complexity index is 2310. The quantitative estimate of drug-likeness (QED) is 0.0548. The summed E-state index contributed by atoms with van der Waals surface area (Å²) in [6, 6.07) is 4.26. The number of hydrogen-bond acceptors (Lipinski definition) is 13. The number of fused-ring (bicyclic) bond motifs is 2. The van der Waals surface area contributed by atoms with Gasteiger partial charge in [0.05, 0.1) is 31.1 Å². The van der Waals surface area contributed by atoms with E-state index in [9.17, 15) is 67.2 Å². The Kier molecular flexibility index (Phi) is 15.7. The molecule has 226 valence electrons. The van der Waals surface area contributed by atoms with Crippen LogP contribution in [0.4, 0.5) is 11.4 Å². The monoisotopic (exact) mass is 746 g/mol. The summed E-state index contributed by atoms with van der Waals surface area (Å²) in [6.07, 6.45) is 0. The van der Waals surface area contributed by atoms with Gasteiger partial charge in [-0.2, -0.15) is 33.7 Å². The normalized spacial score (nSPS) is 12.2. The molecule has 7 N–H and O–H groups in total. The molecular weight excluding hydrogens is 728 g/mol. The molecule has 0 spiro atoms. The first kappa shape index (κ1) is 45.0. The van der Waals surface area contributed by atoms with Gasteiger partial charge >= 0.3 is 118 Å². The van der Waals surface area contributed by atoms with Crippen molar-refractivity contribution < 1.29 is 191 Å². The molecule has 17 nitrogen and oxygen atoms in total. The van der Waals surface area contributed by atoms with Gasteiger partial charge < -0.3 is 21.0 Å². The van der Waals surface area contributed by atoms with Crippen LogP contribution in [0.5, 0.6) is 17.2 Å². The maximum absolute atomic E-state index is 11.9. The van der Waals surface area contributed by atoms with Crippen LogP contribution in [-0.4, -0.2) is 67.2 Å². The van der Waals surface area contributed by atoms with Gasteiger partial charge in [-0.15, -0.1) is 10.2 Å². The average molecular weight is 747 g/mol. The molecule has 0 unspecified atom stereocenters. The van der Waals surface area contributed by atoms with E-state index >= 15 is 0 Å². The van der Waals surface area contributed by atoms with Gasteiger partial charge in [-0.1, -0.05) is 0 Å². The second-order valence-electron chi connectivity index (χ2n) is 8.20. The molecule has 4 aromatic rings. The standard InChI is InChI=1S/C20H14N2O15S4.4Na.4H/c23-14-6-11(39(29,30)31)2-8-1-10(38(26,27)28)5-13(17(8)14)21-22-19-18-9(4-16(20(19)25)41(35,36)37)3-12(7-15(18)24)40(32,33)34;;;;;;;;/h1-7,23-25H,(H,26,27,28)(H,29,30,31)(H,32,33,34)(H,35,36,37);;;;;;;;/q;4*+1;4*-1. The van der Waals surface area contributed by atoms with Crippen LogP contribution >= 0.6 is 0 Å². The smallest absolute Gasteiger partial charge is 1.00 e. The number of rotatable bonds is 6. The second-order valence-corrected chi connectivity index (χ2v) is 13.9. The van der Waals surface area contributed by atoms with Crippen LogP contribution in [-0.2, 0) is 40.5 Å². The molecule has 0 aliphatic rings. The molecule has 0 saturated heterocycles. The first-order chi connectivity index (χ1) is 18.6. The van der Waals surface area contributed by atoms with Crippen molar-refractivity contribution in [3.63, 3.8) is 0 Å². The van der Waals surface area contributed by atoms with Gasteiger partial charge in [0.1, 0.15) is 22.1 Å². The van der Waals surface area contributed by atoms with E-state index in [1.54, 1.807) is 0 Å². The molecule has 0 radical (unpaired) electrons. The molecule has 0 heterocycles. The Morgan fingerprint density at radius 1 is 0.489 bits per heavy atom. The van der Waals surface area contributed by atoms with E-state index in [1.165, 1.54) is 0 Å². The number of phenols is 3. The molecule has 45 heavy (non-hydrogen) atoms. The Labute approximate surface area is 349 Å². The summed E-state index contributed by atoms with van der Waals surface area (Å²) in [5, 5.41) is 36.7. The fourth-order valence-corrected chi connectivity index (χ4v) is 6.00. The van der Waals surface area contributed by atoms with Gasteiger partial charge in [-0.25, -0.2) is 0 Å². The van der Waals surface area contributed by atoms with Crippen LogP contribution < -0.4 is 118 Å². The van der Waals surface area contributed by atoms with Crippen LogP contribution in [0.1, 0.15) is 5.71 Å². The molecule has 0 atom stereocenters. The number of azo groups is 1. The zero-order valence-corrected chi connectivity index (χ0v) is 34.7. The predicted molar refractivity (Wildman–Crippen MR) is 141 cm³/mol. The van der Waals surface area contributed by atoms with E-state index in [0.29, 0.717) is 42.5 Å². The van der Waals surface area contributed by atoms with E-state index in [1.807, 2.05) is 0 Å². The minimum atomic E-state index is -5.26. The summed E-state index contributed by atoms with van der Waals surface area (Å²) in [4.78, 5) is -4.00. The number of aromatic hydroxyl groups is 3. The van der Waals surface area contributed by atoms with E-state index in [4.69, 9.17) is 0 Å². The summed E-state index contributed by atoms with van der Waals surface area (Å²) < 4.78 is 131. The Balaban J connectivity index is -0.000000807. The summed E-state index contributed by atoms with van der Waals surface area (Å²) in [7, 11) is -20.2. The van der Waals surface area contributed by atoms with Gasteiger partial charge in [0.2, 0.25) is 0 Å². The van der Waals surface area contributed by atoms with Crippen molar-refractivity contribution in [2.75, 3.05) is 0 Å². The average Bonchev–Trinajstić information content (AvgIpc) is 2.80. The van der Waals surface area contributed by atoms with Crippen molar-refractivity contribution in [3.8, 4) is 17.2 Å². The fourth-order valence-electron chi connectivity index (χ4n) is 3.78. The van der Waals surface area contributed by atoms with Crippen LogP contribution in [0, 0.1) is 0 Å². The van der Waals surface area contributed by atoms with Crippen molar-refractivity contribution in [1.29, 1.82) is 0 Å². The third-order valence-electron chi connectivity index (χ3n) is 5.49. The molecule has 0 amide bonds. The first-order valence-electron chi connectivity index (χ1n) is 10.2. The van der Waals surface area contributed by atoms with Crippen molar-refractivity contribution in [3.05, 3.63) is 42.5 Å². The predicted octanol–water partition coefficient (Wildman–Crippen LogP) is -9.02. The zero-order chi connectivity index (χ0) is 30.9. The second kappa shape index (κ2) is 15.7. The Morgan fingerprint density at radius 2 is 0.867 bits per heavy atom. The molecule has 0 bridgehead atoms. The SMILES string of the molecule is O=S(=O)(O)c1cc(O)c2c(N=Nc3c(O)c(S(=O)(=O)O)cc4cc(S(=O)(=O)O)cc(O)c34)cc(S(=O)(=O)O)cc2c1.[H-].[H-].[H-].[H-].[Na+].[Na+].[Na+].[Na+]. The van der Waals surface area contributed by atoms with Crippen LogP contribution in [0.15, 0.2) is 72.3 Å². The minimum Gasteiger partial charge on any atom is -1.00 e. The van der Waals surface area contributed by atoms with Gasteiger partial charge in [0, 0.05) is 12.1 Å². The number of nitrogens with zero attached hydrogens (tertiary/aromatic N) is 2. The van der Waals surface area contributed by atoms with Gasteiger partial charge in [0.25, 0.3) is 40.5 Å². The maximum atomic E-state index is 11.9. The maximum Gasteiger partial charge on any atom is 1.00 e. The van der Waals surface area contributed by atoms with E-state index in [2.05, 4.69) is 10.2 Å². The fraction of sp³-hybridized carbons (Fsp3) is 0. The summed E-state index contributed by atoms with van der Waals surface area (Å²) in [5.41, 5.74) is -1.61. The van der Waals surface area contributed by atoms with Crippen molar-refractivity contribution in [2.24, 2.45) is 10.2 Å². The molecule has 0 saturated carbocycles. The molecular formula is C20H18N2Na4O15S4. The van der Waals surface area contributed by atoms with E-state index < -0.39 is 110 Å². The first-order valence-corrected chi connectivity index (χ1v) is 16.0. The van der Waals surface area contributed by atoms with Gasteiger partial charge in [0.15, 0.2) is 5.75 Å². The van der Waals surface area contributed by atoms with Crippen LogP contribution in [0.25, 0.3) is 21.5 Å². The van der Waals surface area contributed by atoms with Crippen molar-refractivity contribution in [1.82, 2.24) is 0 Å². The largest absolute Gasteiger partial charge is 1.00 e. The molecule has 0 aromatic heterocycles. The number of phenolic OH excluding ortho intramolecular Hbond substituents is 3. The Hall–Kier alpha value is 0.0400. The minimum absolute atomic E-state index is 0. The number of hydrogen-bond donors (Lipinski definition) is 7.